The SMILES string of the molecule is COC(=O)C(Br)CCCc1ccc(OC)cc1OC. The Hall–Kier alpha value is -1.23. The van der Waals surface area contributed by atoms with E-state index in [-0.39, 0.29) is 10.8 Å². The van der Waals surface area contributed by atoms with E-state index in [0.29, 0.717) is 0 Å². The number of aryl methyl sites for hydroxylation is 1. The Morgan fingerprint density at radius 3 is 2.58 bits per heavy atom. The Morgan fingerprint density at radius 1 is 1.26 bits per heavy atom. The molecule has 0 aromatic heterocycles. The average molecular weight is 331 g/mol. The quantitative estimate of drug-likeness (QED) is 0.569. The van der Waals surface area contributed by atoms with Crippen molar-refractivity contribution in [1.29, 1.82) is 0 Å². The summed E-state index contributed by atoms with van der Waals surface area (Å²) < 4.78 is 15.1. The molecule has 1 aromatic carbocycles. The van der Waals surface area contributed by atoms with Gasteiger partial charge < -0.3 is 14.2 Å². The normalized spacial score (nSPS) is 11.8. The van der Waals surface area contributed by atoms with Crippen LogP contribution in [0.1, 0.15) is 18.4 Å². The molecule has 0 aliphatic heterocycles. The Kier molecular flexibility index (Phi) is 6.70. The molecule has 0 aliphatic carbocycles. The minimum Gasteiger partial charge on any atom is -0.497 e. The Bertz CT molecular complexity index is 420. The number of hydrogen-bond acceptors (Lipinski definition) is 4. The molecule has 19 heavy (non-hydrogen) atoms. The predicted molar refractivity (Wildman–Crippen MR) is 77.2 cm³/mol. The molecule has 0 saturated heterocycles. The molecule has 0 spiro atoms. The molecule has 1 rings (SSSR count). The van der Waals surface area contributed by atoms with Crippen LogP contribution in [0, 0.1) is 0 Å². The lowest BCUT2D eigenvalue weighted by atomic mass is 10.1. The van der Waals surface area contributed by atoms with Crippen LogP contribution >= 0.6 is 15.9 Å². The van der Waals surface area contributed by atoms with Crippen LogP contribution in [0.5, 0.6) is 11.5 Å². The number of esters is 1. The van der Waals surface area contributed by atoms with Gasteiger partial charge in [-0.25, -0.2) is 0 Å². The summed E-state index contributed by atoms with van der Waals surface area (Å²) in [4.78, 5) is 11.0. The van der Waals surface area contributed by atoms with Crippen LogP contribution in [-0.2, 0) is 16.0 Å². The third-order valence-electron chi connectivity index (χ3n) is 2.85. The van der Waals surface area contributed by atoms with E-state index in [0.717, 1.165) is 36.3 Å². The van der Waals surface area contributed by atoms with Gasteiger partial charge in [-0.3, -0.25) is 4.79 Å². The van der Waals surface area contributed by atoms with Crippen molar-refractivity contribution in [1.82, 2.24) is 0 Å². The average Bonchev–Trinajstić information content (AvgIpc) is 2.46. The highest BCUT2D eigenvalue weighted by atomic mass is 79.9. The highest BCUT2D eigenvalue weighted by Gasteiger charge is 2.15. The minimum absolute atomic E-state index is 0.235. The summed E-state index contributed by atoms with van der Waals surface area (Å²) in [6, 6.07) is 5.75. The third-order valence-corrected chi connectivity index (χ3v) is 3.69. The van der Waals surface area contributed by atoms with Gasteiger partial charge in [0.05, 0.1) is 21.3 Å². The first-order valence-corrected chi connectivity index (χ1v) is 6.96. The highest BCUT2D eigenvalue weighted by Crippen LogP contribution is 2.26. The fourth-order valence-electron chi connectivity index (χ4n) is 1.78. The number of hydrogen-bond donors (Lipinski definition) is 0. The van der Waals surface area contributed by atoms with Gasteiger partial charge >= 0.3 is 5.97 Å². The smallest absolute Gasteiger partial charge is 0.319 e. The summed E-state index contributed by atoms with van der Waals surface area (Å²) in [6.07, 6.45) is 2.43. The van der Waals surface area contributed by atoms with Crippen LogP contribution in [0.15, 0.2) is 18.2 Å². The van der Waals surface area contributed by atoms with Crippen LogP contribution in [0.4, 0.5) is 0 Å². The second-order valence-electron chi connectivity index (χ2n) is 4.06. The van der Waals surface area contributed by atoms with E-state index in [1.165, 1.54) is 7.11 Å². The second-order valence-corrected chi connectivity index (χ2v) is 5.17. The van der Waals surface area contributed by atoms with Gasteiger partial charge in [-0.1, -0.05) is 22.0 Å². The zero-order chi connectivity index (χ0) is 14.3. The molecule has 0 amide bonds. The van der Waals surface area contributed by atoms with Crippen molar-refractivity contribution in [3.8, 4) is 11.5 Å². The van der Waals surface area contributed by atoms with Gasteiger partial charge in [-0.2, -0.15) is 0 Å². The van der Waals surface area contributed by atoms with Crippen LogP contribution < -0.4 is 9.47 Å². The number of ether oxygens (including phenoxy) is 3. The highest BCUT2D eigenvalue weighted by molar-refractivity contribution is 9.10. The van der Waals surface area contributed by atoms with Gasteiger partial charge in [-0.15, -0.1) is 0 Å². The first-order chi connectivity index (χ1) is 9.12. The number of methoxy groups -OCH3 is 3. The molecule has 0 bridgehead atoms. The van der Waals surface area contributed by atoms with Crippen LogP contribution in [0.25, 0.3) is 0 Å². The van der Waals surface area contributed by atoms with Gasteiger partial charge in [0.1, 0.15) is 16.3 Å². The molecule has 0 heterocycles. The van der Waals surface area contributed by atoms with E-state index >= 15 is 0 Å². The number of benzene rings is 1. The standard InChI is InChI=1S/C14H19BrO4/c1-17-11-8-7-10(13(9-11)18-2)5-4-6-12(15)14(16)19-3/h7-9,12H,4-6H2,1-3H3. The lowest BCUT2D eigenvalue weighted by molar-refractivity contribution is -0.139. The van der Waals surface area contributed by atoms with Gasteiger partial charge in [-0.05, 0) is 30.9 Å². The third kappa shape index (κ3) is 4.74. The van der Waals surface area contributed by atoms with Crippen molar-refractivity contribution in [3.05, 3.63) is 23.8 Å². The number of alkyl halides is 1. The van der Waals surface area contributed by atoms with Crippen LogP contribution in [-0.4, -0.2) is 32.1 Å². The molecule has 106 valence electrons. The maximum absolute atomic E-state index is 11.3. The minimum atomic E-state index is -0.248. The topological polar surface area (TPSA) is 44.8 Å². The summed E-state index contributed by atoms with van der Waals surface area (Å²) in [7, 11) is 4.66. The number of carbonyl (C=O) groups excluding carboxylic acids is 1. The van der Waals surface area contributed by atoms with Crippen molar-refractivity contribution >= 4 is 21.9 Å². The lowest BCUT2D eigenvalue weighted by Crippen LogP contribution is -2.15. The zero-order valence-corrected chi connectivity index (χ0v) is 13.0. The second kappa shape index (κ2) is 8.04. The largest absolute Gasteiger partial charge is 0.497 e. The predicted octanol–water partition coefficient (Wildman–Crippen LogP) is 2.96. The molecule has 0 saturated carbocycles. The Labute approximate surface area is 122 Å². The summed E-state index contributed by atoms with van der Waals surface area (Å²) >= 11 is 3.31. The van der Waals surface area contributed by atoms with E-state index in [9.17, 15) is 4.79 Å². The first kappa shape index (κ1) is 15.8. The van der Waals surface area contributed by atoms with Crippen molar-refractivity contribution in [2.24, 2.45) is 0 Å². The van der Waals surface area contributed by atoms with Crippen molar-refractivity contribution in [3.63, 3.8) is 0 Å². The summed E-state index contributed by atoms with van der Waals surface area (Å²) in [5.74, 6) is 1.35. The van der Waals surface area contributed by atoms with E-state index < -0.39 is 0 Å². The molecule has 1 aromatic rings. The fraction of sp³-hybridized carbons (Fsp3) is 0.500. The maximum Gasteiger partial charge on any atom is 0.319 e. The number of halogens is 1. The van der Waals surface area contributed by atoms with Gasteiger partial charge in [0.25, 0.3) is 0 Å². The van der Waals surface area contributed by atoms with E-state index in [1.54, 1.807) is 14.2 Å². The van der Waals surface area contributed by atoms with Crippen LogP contribution in [0.2, 0.25) is 0 Å². The number of carbonyl (C=O) groups is 1. The molecule has 0 fully saturated rings. The van der Waals surface area contributed by atoms with Gasteiger partial charge in [0.2, 0.25) is 0 Å². The Balaban J connectivity index is 2.55. The molecule has 1 unspecified atom stereocenters. The van der Waals surface area contributed by atoms with Gasteiger partial charge in [0.15, 0.2) is 0 Å². The summed E-state index contributed by atoms with van der Waals surface area (Å²) in [5, 5.41) is 0. The summed E-state index contributed by atoms with van der Waals surface area (Å²) in [5.41, 5.74) is 1.10. The van der Waals surface area contributed by atoms with E-state index in [2.05, 4.69) is 20.7 Å². The number of rotatable bonds is 7. The Morgan fingerprint density at radius 2 is 2.00 bits per heavy atom. The molecule has 0 N–H and O–H groups in total. The van der Waals surface area contributed by atoms with E-state index in [4.69, 9.17) is 9.47 Å². The van der Waals surface area contributed by atoms with Crippen LogP contribution in [0.3, 0.4) is 0 Å². The first-order valence-electron chi connectivity index (χ1n) is 6.05. The van der Waals surface area contributed by atoms with E-state index in [1.807, 2.05) is 18.2 Å². The molecular weight excluding hydrogens is 312 g/mol. The molecule has 1 atom stereocenters. The van der Waals surface area contributed by atoms with Crippen molar-refractivity contribution in [2.45, 2.75) is 24.1 Å². The monoisotopic (exact) mass is 330 g/mol. The molecule has 4 nitrogen and oxygen atoms in total. The van der Waals surface area contributed by atoms with Gasteiger partial charge in [0, 0.05) is 6.07 Å². The molecular formula is C14H19BrO4. The zero-order valence-electron chi connectivity index (χ0n) is 11.4. The molecule has 0 radical (unpaired) electrons. The lowest BCUT2D eigenvalue weighted by Gasteiger charge is -2.11. The van der Waals surface area contributed by atoms with Crippen molar-refractivity contribution < 1.29 is 19.0 Å². The fourth-order valence-corrected chi connectivity index (χ4v) is 2.29. The summed E-state index contributed by atoms with van der Waals surface area (Å²) in [6.45, 7) is 0. The molecule has 5 heteroatoms. The van der Waals surface area contributed by atoms with Crippen molar-refractivity contribution in [2.75, 3.05) is 21.3 Å². The molecule has 0 aliphatic rings. The maximum atomic E-state index is 11.3.